The second kappa shape index (κ2) is 5.65. The molecule has 106 valence electrons. The smallest absolute Gasteiger partial charge is 0.251 e. The largest absolute Gasteiger partial charge is 0.352 e. The molecule has 2 N–H and O–H groups in total. The van der Waals surface area contributed by atoms with Crippen LogP contribution in [0.25, 0.3) is 0 Å². The normalized spacial score (nSPS) is 17.2. The van der Waals surface area contributed by atoms with Gasteiger partial charge in [-0.25, -0.2) is 0 Å². The molecule has 1 saturated carbocycles. The Kier molecular flexibility index (Phi) is 3.72. The number of hydrogen-bond donors (Lipinski definition) is 2. The Balaban J connectivity index is 1.57. The van der Waals surface area contributed by atoms with Crippen molar-refractivity contribution in [2.75, 3.05) is 6.54 Å². The molecule has 2 amide bonds. The Morgan fingerprint density at radius 3 is 2.60 bits per heavy atom. The fourth-order valence-corrected chi connectivity index (χ4v) is 2.64. The summed E-state index contributed by atoms with van der Waals surface area (Å²) >= 11 is 0. The van der Waals surface area contributed by atoms with Crippen LogP contribution in [0.1, 0.15) is 47.2 Å². The number of fused-ring (bicyclic) bond motifs is 1. The Labute approximate surface area is 118 Å². The van der Waals surface area contributed by atoms with Gasteiger partial charge in [0, 0.05) is 11.6 Å². The molecule has 0 aromatic heterocycles. The summed E-state index contributed by atoms with van der Waals surface area (Å²) in [7, 11) is 0. The SMILES string of the molecule is O=C(CNC(=O)c1ccc2c(c1)CCCC2)NC1CC1. The highest BCUT2D eigenvalue weighted by molar-refractivity contribution is 5.96. The molecule has 0 unspecified atom stereocenters. The minimum absolute atomic E-state index is 0.0619. The van der Waals surface area contributed by atoms with Gasteiger partial charge < -0.3 is 10.6 Å². The van der Waals surface area contributed by atoms with Crippen molar-refractivity contribution in [1.29, 1.82) is 0 Å². The molecule has 0 heterocycles. The van der Waals surface area contributed by atoms with Crippen molar-refractivity contribution >= 4 is 11.8 Å². The van der Waals surface area contributed by atoms with Crippen molar-refractivity contribution in [3.8, 4) is 0 Å². The molecule has 0 aliphatic heterocycles. The van der Waals surface area contributed by atoms with Crippen LogP contribution < -0.4 is 10.6 Å². The van der Waals surface area contributed by atoms with Crippen LogP contribution in [0.5, 0.6) is 0 Å². The Hall–Kier alpha value is -1.84. The summed E-state index contributed by atoms with van der Waals surface area (Å²) in [4.78, 5) is 23.6. The first-order valence-electron chi connectivity index (χ1n) is 7.42. The molecule has 3 rings (SSSR count). The van der Waals surface area contributed by atoms with Crippen LogP contribution in [0.3, 0.4) is 0 Å². The lowest BCUT2D eigenvalue weighted by Crippen LogP contribution is -2.37. The third kappa shape index (κ3) is 3.18. The van der Waals surface area contributed by atoms with Crippen molar-refractivity contribution in [3.63, 3.8) is 0 Å². The van der Waals surface area contributed by atoms with E-state index in [1.807, 2.05) is 18.2 Å². The van der Waals surface area contributed by atoms with E-state index in [-0.39, 0.29) is 18.4 Å². The summed E-state index contributed by atoms with van der Waals surface area (Å²) in [6, 6.07) is 6.22. The van der Waals surface area contributed by atoms with Crippen molar-refractivity contribution < 1.29 is 9.59 Å². The van der Waals surface area contributed by atoms with E-state index in [2.05, 4.69) is 10.6 Å². The summed E-state index contributed by atoms with van der Waals surface area (Å²) in [6.07, 6.45) is 6.72. The van der Waals surface area contributed by atoms with Gasteiger partial charge in [-0.1, -0.05) is 6.07 Å². The van der Waals surface area contributed by atoms with Crippen LogP contribution in [0.15, 0.2) is 18.2 Å². The van der Waals surface area contributed by atoms with E-state index >= 15 is 0 Å². The van der Waals surface area contributed by atoms with Gasteiger partial charge in [0.15, 0.2) is 0 Å². The highest BCUT2D eigenvalue weighted by Gasteiger charge is 2.23. The van der Waals surface area contributed by atoms with Gasteiger partial charge >= 0.3 is 0 Å². The lowest BCUT2D eigenvalue weighted by atomic mass is 9.90. The lowest BCUT2D eigenvalue weighted by molar-refractivity contribution is -0.120. The quantitative estimate of drug-likeness (QED) is 0.874. The molecule has 1 aromatic carbocycles. The molecule has 20 heavy (non-hydrogen) atoms. The van der Waals surface area contributed by atoms with Crippen molar-refractivity contribution in [2.24, 2.45) is 0 Å². The average molecular weight is 272 g/mol. The van der Waals surface area contributed by atoms with E-state index in [1.54, 1.807) is 0 Å². The summed E-state index contributed by atoms with van der Waals surface area (Å²) in [5, 5.41) is 5.54. The fourth-order valence-electron chi connectivity index (χ4n) is 2.64. The maximum atomic E-state index is 12.0. The second-order valence-corrected chi connectivity index (χ2v) is 5.72. The predicted octanol–water partition coefficient (Wildman–Crippen LogP) is 1.57. The number of nitrogens with one attached hydrogen (secondary N) is 2. The third-order valence-corrected chi connectivity index (χ3v) is 3.96. The Morgan fingerprint density at radius 1 is 1.10 bits per heavy atom. The van der Waals surface area contributed by atoms with Crippen LogP contribution in [-0.4, -0.2) is 24.4 Å². The summed E-state index contributed by atoms with van der Waals surface area (Å²) in [6.45, 7) is 0.0619. The molecule has 0 atom stereocenters. The molecule has 0 bridgehead atoms. The minimum atomic E-state index is -0.163. The topological polar surface area (TPSA) is 58.2 Å². The van der Waals surface area contributed by atoms with Gasteiger partial charge in [-0.3, -0.25) is 9.59 Å². The fraction of sp³-hybridized carbons (Fsp3) is 0.500. The predicted molar refractivity (Wildman–Crippen MR) is 76.6 cm³/mol. The second-order valence-electron chi connectivity index (χ2n) is 5.72. The first kappa shape index (κ1) is 13.2. The number of carbonyl (C=O) groups excluding carboxylic acids is 2. The molecule has 0 saturated heterocycles. The summed E-state index contributed by atoms with van der Waals surface area (Å²) in [5.74, 6) is -0.261. The van der Waals surface area contributed by atoms with Crippen molar-refractivity contribution in [2.45, 2.75) is 44.6 Å². The lowest BCUT2D eigenvalue weighted by Gasteiger charge is -2.16. The van der Waals surface area contributed by atoms with E-state index in [1.165, 1.54) is 24.0 Å². The monoisotopic (exact) mass is 272 g/mol. The number of hydrogen-bond acceptors (Lipinski definition) is 2. The van der Waals surface area contributed by atoms with Crippen LogP contribution in [-0.2, 0) is 17.6 Å². The molecule has 2 aliphatic rings. The van der Waals surface area contributed by atoms with Crippen LogP contribution in [0, 0.1) is 0 Å². The maximum absolute atomic E-state index is 12.0. The third-order valence-electron chi connectivity index (χ3n) is 3.96. The van der Waals surface area contributed by atoms with Gasteiger partial charge in [-0.05, 0) is 61.8 Å². The first-order valence-corrected chi connectivity index (χ1v) is 7.42. The molecule has 0 spiro atoms. The van der Waals surface area contributed by atoms with Crippen LogP contribution in [0.4, 0.5) is 0 Å². The number of carbonyl (C=O) groups is 2. The first-order chi connectivity index (χ1) is 9.72. The molecule has 4 heteroatoms. The molecular formula is C16H20N2O2. The van der Waals surface area contributed by atoms with E-state index in [4.69, 9.17) is 0 Å². The minimum Gasteiger partial charge on any atom is -0.352 e. The Morgan fingerprint density at radius 2 is 1.85 bits per heavy atom. The highest BCUT2D eigenvalue weighted by atomic mass is 16.2. The van der Waals surface area contributed by atoms with Gasteiger partial charge in [-0.15, -0.1) is 0 Å². The Bertz CT molecular complexity index is 535. The van der Waals surface area contributed by atoms with E-state index < -0.39 is 0 Å². The zero-order chi connectivity index (χ0) is 13.9. The van der Waals surface area contributed by atoms with Gasteiger partial charge in [0.2, 0.25) is 5.91 Å². The van der Waals surface area contributed by atoms with Gasteiger partial charge in [0.25, 0.3) is 5.91 Å². The number of amides is 2. The van der Waals surface area contributed by atoms with E-state index in [9.17, 15) is 9.59 Å². The molecule has 1 fully saturated rings. The number of rotatable bonds is 4. The highest BCUT2D eigenvalue weighted by Crippen LogP contribution is 2.22. The van der Waals surface area contributed by atoms with Crippen LogP contribution in [0.2, 0.25) is 0 Å². The van der Waals surface area contributed by atoms with Crippen molar-refractivity contribution in [3.05, 3.63) is 34.9 Å². The van der Waals surface area contributed by atoms with Gasteiger partial charge in [0.05, 0.1) is 6.54 Å². The molecule has 4 nitrogen and oxygen atoms in total. The maximum Gasteiger partial charge on any atom is 0.251 e. The number of benzene rings is 1. The zero-order valence-corrected chi connectivity index (χ0v) is 11.6. The van der Waals surface area contributed by atoms with E-state index in [0.29, 0.717) is 11.6 Å². The van der Waals surface area contributed by atoms with E-state index in [0.717, 1.165) is 25.7 Å². The molecule has 0 radical (unpaired) electrons. The zero-order valence-electron chi connectivity index (χ0n) is 11.6. The molecular weight excluding hydrogens is 252 g/mol. The van der Waals surface area contributed by atoms with Gasteiger partial charge in [-0.2, -0.15) is 0 Å². The molecule has 1 aromatic rings. The van der Waals surface area contributed by atoms with Crippen molar-refractivity contribution in [1.82, 2.24) is 10.6 Å². The molecule has 2 aliphatic carbocycles. The summed E-state index contributed by atoms with van der Waals surface area (Å²) in [5.41, 5.74) is 3.30. The van der Waals surface area contributed by atoms with Gasteiger partial charge in [0.1, 0.15) is 0 Å². The standard InChI is InChI=1S/C16H20N2O2/c19-15(18-14-7-8-14)10-17-16(20)13-6-5-11-3-1-2-4-12(11)9-13/h5-6,9,14H,1-4,7-8,10H2,(H,17,20)(H,18,19). The van der Waals surface area contributed by atoms with Crippen LogP contribution >= 0.6 is 0 Å². The number of aryl methyl sites for hydroxylation is 2. The average Bonchev–Trinajstić information content (AvgIpc) is 3.28. The summed E-state index contributed by atoms with van der Waals surface area (Å²) < 4.78 is 0.